The zero-order valence-corrected chi connectivity index (χ0v) is 8.73. The van der Waals surface area contributed by atoms with E-state index in [1.54, 1.807) is 4.90 Å². The predicted molar refractivity (Wildman–Crippen MR) is 51.8 cm³/mol. The first-order valence-electron chi connectivity index (χ1n) is 4.79. The summed E-state index contributed by atoms with van der Waals surface area (Å²) in [6.45, 7) is 4.03. The molecule has 1 fully saturated rings. The van der Waals surface area contributed by atoms with Crippen LogP contribution >= 0.6 is 0 Å². The summed E-state index contributed by atoms with van der Waals surface area (Å²) in [4.78, 5) is 13.5. The number of morpholine rings is 1. The second-order valence-electron chi connectivity index (χ2n) is 3.52. The highest BCUT2D eigenvalue weighted by atomic mass is 16.5. The molecule has 14 heavy (non-hydrogen) atoms. The van der Waals surface area contributed by atoms with Crippen LogP contribution in [0.3, 0.4) is 0 Å². The second-order valence-corrected chi connectivity index (χ2v) is 3.52. The smallest absolute Gasteiger partial charge is 0.242 e. The summed E-state index contributed by atoms with van der Waals surface area (Å²) in [5, 5.41) is 0. The average molecular weight is 202 g/mol. The normalized spacial score (nSPS) is 24.8. The minimum atomic E-state index is -0.555. The fraction of sp³-hybridized carbons (Fsp3) is 0.889. The van der Waals surface area contributed by atoms with Crippen molar-refractivity contribution in [2.24, 2.45) is 5.73 Å². The molecular formula is C9H18N2O3. The molecule has 0 saturated carbocycles. The maximum Gasteiger partial charge on any atom is 0.242 e. The SMILES string of the molecule is COCC(N)C(=O)N1CCOCC1C. The molecule has 5 nitrogen and oxygen atoms in total. The van der Waals surface area contributed by atoms with Crippen LogP contribution in [0.4, 0.5) is 0 Å². The van der Waals surface area contributed by atoms with E-state index in [1.807, 2.05) is 6.92 Å². The van der Waals surface area contributed by atoms with Crippen molar-refractivity contribution in [1.29, 1.82) is 0 Å². The molecule has 1 aliphatic rings. The first-order valence-corrected chi connectivity index (χ1v) is 4.79. The first-order chi connectivity index (χ1) is 6.66. The van der Waals surface area contributed by atoms with Crippen LogP contribution in [-0.2, 0) is 14.3 Å². The Hall–Kier alpha value is -0.650. The van der Waals surface area contributed by atoms with Crippen LogP contribution < -0.4 is 5.73 Å². The van der Waals surface area contributed by atoms with Crippen LogP contribution in [0, 0.1) is 0 Å². The third kappa shape index (κ3) is 2.67. The summed E-state index contributed by atoms with van der Waals surface area (Å²) in [6, 6.07) is -0.445. The van der Waals surface area contributed by atoms with Gasteiger partial charge in [0.05, 0.1) is 25.9 Å². The fourth-order valence-electron chi connectivity index (χ4n) is 1.52. The number of carbonyl (C=O) groups excluding carboxylic acids is 1. The Bertz CT molecular complexity index is 198. The molecule has 1 heterocycles. The van der Waals surface area contributed by atoms with E-state index in [0.29, 0.717) is 19.8 Å². The van der Waals surface area contributed by atoms with E-state index in [0.717, 1.165) is 0 Å². The molecule has 1 rings (SSSR count). The third-order valence-electron chi connectivity index (χ3n) is 2.31. The summed E-state index contributed by atoms with van der Waals surface area (Å²) in [6.07, 6.45) is 0. The molecule has 2 unspecified atom stereocenters. The lowest BCUT2D eigenvalue weighted by Crippen LogP contribution is -2.54. The highest BCUT2D eigenvalue weighted by molar-refractivity contribution is 5.82. The Morgan fingerprint density at radius 1 is 1.79 bits per heavy atom. The third-order valence-corrected chi connectivity index (χ3v) is 2.31. The highest BCUT2D eigenvalue weighted by Crippen LogP contribution is 2.07. The van der Waals surface area contributed by atoms with E-state index in [4.69, 9.17) is 15.2 Å². The van der Waals surface area contributed by atoms with Gasteiger partial charge in [-0.2, -0.15) is 0 Å². The predicted octanol–water partition coefficient (Wildman–Crippen LogP) is -0.793. The maximum atomic E-state index is 11.8. The average Bonchev–Trinajstić information content (AvgIpc) is 2.18. The second kappa shape index (κ2) is 5.29. The van der Waals surface area contributed by atoms with Crippen molar-refractivity contribution >= 4 is 5.91 Å². The van der Waals surface area contributed by atoms with Gasteiger partial charge in [0, 0.05) is 13.7 Å². The van der Waals surface area contributed by atoms with Gasteiger partial charge in [-0.15, -0.1) is 0 Å². The van der Waals surface area contributed by atoms with E-state index in [-0.39, 0.29) is 18.6 Å². The van der Waals surface area contributed by atoms with Crippen molar-refractivity contribution in [2.45, 2.75) is 19.0 Å². The zero-order chi connectivity index (χ0) is 10.6. The fourth-order valence-corrected chi connectivity index (χ4v) is 1.52. The van der Waals surface area contributed by atoms with E-state index >= 15 is 0 Å². The summed E-state index contributed by atoms with van der Waals surface area (Å²) >= 11 is 0. The van der Waals surface area contributed by atoms with Gasteiger partial charge in [-0.3, -0.25) is 4.79 Å². The topological polar surface area (TPSA) is 64.8 Å². The number of amides is 1. The molecule has 2 atom stereocenters. The molecule has 0 radical (unpaired) electrons. The Labute approximate surface area is 84.1 Å². The van der Waals surface area contributed by atoms with Gasteiger partial charge in [-0.05, 0) is 6.92 Å². The highest BCUT2D eigenvalue weighted by Gasteiger charge is 2.27. The maximum absolute atomic E-state index is 11.8. The van der Waals surface area contributed by atoms with Crippen molar-refractivity contribution in [2.75, 3.05) is 33.5 Å². The van der Waals surface area contributed by atoms with Gasteiger partial charge in [-0.25, -0.2) is 0 Å². The monoisotopic (exact) mass is 202 g/mol. The van der Waals surface area contributed by atoms with Crippen LogP contribution in [0.1, 0.15) is 6.92 Å². The summed E-state index contributed by atoms with van der Waals surface area (Å²) in [5.74, 6) is -0.0531. The summed E-state index contributed by atoms with van der Waals surface area (Å²) in [5.41, 5.74) is 5.66. The molecule has 82 valence electrons. The zero-order valence-electron chi connectivity index (χ0n) is 8.73. The van der Waals surface area contributed by atoms with Gasteiger partial charge in [-0.1, -0.05) is 0 Å². The van der Waals surface area contributed by atoms with Crippen molar-refractivity contribution in [3.63, 3.8) is 0 Å². The first kappa shape index (κ1) is 11.4. The Kier molecular flexibility index (Phi) is 4.31. The van der Waals surface area contributed by atoms with Gasteiger partial charge >= 0.3 is 0 Å². The molecule has 0 bridgehead atoms. The largest absolute Gasteiger partial charge is 0.383 e. The van der Waals surface area contributed by atoms with Gasteiger partial charge < -0.3 is 20.1 Å². The molecule has 0 spiro atoms. The van der Waals surface area contributed by atoms with Crippen LogP contribution in [0.25, 0.3) is 0 Å². The van der Waals surface area contributed by atoms with Gasteiger partial charge in [0.2, 0.25) is 5.91 Å². The summed E-state index contributed by atoms with van der Waals surface area (Å²) in [7, 11) is 1.54. The number of carbonyl (C=O) groups is 1. The lowest BCUT2D eigenvalue weighted by Gasteiger charge is -2.34. The number of nitrogens with zero attached hydrogens (tertiary/aromatic N) is 1. The minimum Gasteiger partial charge on any atom is -0.383 e. The molecular weight excluding hydrogens is 184 g/mol. The molecule has 0 aromatic rings. The van der Waals surface area contributed by atoms with Crippen LogP contribution in [0.5, 0.6) is 0 Å². The molecule has 2 N–H and O–H groups in total. The molecule has 1 amide bonds. The van der Waals surface area contributed by atoms with Crippen molar-refractivity contribution in [3.8, 4) is 0 Å². The van der Waals surface area contributed by atoms with Crippen molar-refractivity contribution < 1.29 is 14.3 Å². The van der Waals surface area contributed by atoms with Crippen LogP contribution in [0.15, 0.2) is 0 Å². The summed E-state index contributed by atoms with van der Waals surface area (Å²) < 4.78 is 10.1. The molecule has 0 aliphatic carbocycles. The molecule has 0 aromatic carbocycles. The number of rotatable bonds is 3. The number of hydrogen-bond acceptors (Lipinski definition) is 4. The lowest BCUT2D eigenvalue weighted by atomic mass is 10.2. The molecule has 5 heteroatoms. The van der Waals surface area contributed by atoms with Crippen molar-refractivity contribution in [3.05, 3.63) is 0 Å². The van der Waals surface area contributed by atoms with Gasteiger partial charge in [0.25, 0.3) is 0 Å². The van der Waals surface area contributed by atoms with Crippen molar-refractivity contribution in [1.82, 2.24) is 4.90 Å². The number of ether oxygens (including phenoxy) is 2. The van der Waals surface area contributed by atoms with E-state index in [2.05, 4.69) is 0 Å². The van der Waals surface area contributed by atoms with Gasteiger partial charge in [0.1, 0.15) is 6.04 Å². The Morgan fingerprint density at radius 3 is 3.07 bits per heavy atom. The Morgan fingerprint density at radius 2 is 2.50 bits per heavy atom. The minimum absolute atomic E-state index is 0.0531. The van der Waals surface area contributed by atoms with E-state index in [1.165, 1.54) is 7.11 Å². The molecule has 0 aromatic heterocycles. The van der Waals surface area contributed by atoms with E-state index in [9.17, 15) is 4.79 Å². The van der Waals surface area contributed by atoms with E-state index < -0.39 is 6.04 Å². The Balaban J connectivity index is 2.49. The van der Waals surface area contributed by atoms with Crippen LogP contribution in [-0.4, -0.2) is 56.4 Å². The lowest BCUT2D eigenvalue weighted by molar-refractivity contribution is -0.141. The molecule has 1 saturated heterocycles. The van der Waals surface area contributed by atoms with Gasteiger partial charge in [0.15, 0.2) is 0 Å². The number of nitrogens with two attached hydrogens (primary N) is 1. The number of methoxy groups -OCH3 is 1. The number of hydrogen-bond donors (Lipinski definition) is 1. The molecule has 1 aliphatic heterocycles. The quantitative estimate of drug-likeness (QED) is 0.651. The van der Waals surface area contributed by atoms with Crippen LogP contribution in [0.2, 0.25) is 0 Å². The standard InChI is InChI=1S/C9H18N2O3/c1-7-5-14-4-3-11(7)9(12)8(10)6-13-2/h7-8H,3-6,10H2,1-2H3.